The van der Waals surface area contributed by atoms with E-state index in [2.05, 4.69) is 0 Å². The maximum Gasteiger partial charge on any atom is 0.240 e. The standard InChI is InChI=1S/C11H6O4/c12-5-8-9(13)6-3-1-2-4-7(6)10(14)11(8)15/h1-5,12H/b8-5-. The third kappa shape index (κ3) is 1.19. The van der Waals surface area contributed by atoms with Gasteiger partial charge in [-0.15, -0.1) is 0 Å². The molecule has 0 bridgehead atoms. The zero-order chi connectivity index (χ0) is 11.0. The Labute approximate surface area is 84.8 Å². The maximum atomic E-state index is 11.6. The second kappa shape index (κ2) is 3.16. The fourth-order valence-corrected chi connectivity index (χ4v) is 1.49. The zero-order valence-corrected chi connectivity index (χ0v) is 7.56. The summed E-state index contributed by atoms with van der Waals surface area (Å²) < 4.78 is 0. The Morgan fingerprint density at radius 1 is 0.867 bits per heavy atom. The van der Waals surface area contributed by atoms with E-state index in [-0.39, 0.29) is 11.1 Å². The van der Waals surface area contributed by atoms with Crippen molar-refractivity contribution in [3.8, 4) is 0 Å². The van der Waals surface area contributed by atoms with Crippen LogP contribution in [0.1, 0.15) is 20.7 Å². The van der Waals surface area contributed by atoms with Crippen molar-refractivity contribution in [2.45, 2.75) is 0 Å². The van der Waals surface area contributed by atoms with Gasteiger partial charge < -0.3 is 5.11 Å². The highest BCUT2D eigenvalue weighted by atomic mass is 16.2. The van der Waals surface area contributed by atoms with E-state index in [4.69, 9.17) is 5.11 Å². The van der Waals surface area contributed by atoms with Crippen molar-refractivity contribution in [1.82, 2.24) is 0 Å². The third-order valence-corrected chi connectivity index (χ3v) is 2.24. The van der Waals surface area contributed by atoms with E-state index in [1.807, 2.05) is 0 Å². The number of hydrogen-bond donors (Lipinski definition) is 1. The summed E-state index contributed by atoms with van der Waals surface area (Å²) in [5, 5.41) is 8.72. The SMILES string of the molecule is O=C1C(=O)c2ccccc2C(=O)/C1=C/O. The molecule has 0 saturated carbocycles. The number of rotatable bonds is 0. The average molecular weight is 202 g/mol. The lowest BCUT2D eigenvalue weighted by atomic mass is 9.85. The smallest absolute Gasteiger partial charge is 0.240 e. The van der Waals surface area contributed by atoms with Crippen LogP contribution in [0.4, 0.5) is 0 Å². The van der Waals surface area contributed by atoms with Gasteiger partial charge in [-0.2, -0.15) is 0 Å². The van der Waals surface area contributed by atoms with Gasteiger partial charge >= 0.3 is 0 Å². The summed E-state index contributed by atoms with van der Waals surface area (Å²) in [6.45, 7) is 0. The number of aliphatic hydroxyl groups excluding tert-OH is 1. The molecule has 0 heterocycles. The minimum Gasteiger partial charge on any atom is -0.515 e. The molecule has 0 atom stereocenters. The van der Waals surface area contributed by atoms with Crippen molar-refractivity contribution in [1.29, 1.82) is 0 Å². The van der Waals surface area contributed by atoms with E-state index in [1.165, 1.54) is 12.1 Å². The molecule has 4 heteroatoms. The molecule has 2 rings (SSSR count). The molecule has 1 aliphatic carbocycles. The molecule has 0 radical (unpaired) electrons. The zero-order valence-electron chi connectivity index (χ0n) is 7.56. The quantitative estimate of drug-likeness (QED) is 0.295. The summed E-state index contributed by atoms with van der Waals surface area (Å²) in [7, 11) is 0. The van der Waals surface area contributed by atoms with Crippen molar-refractivity contribution in [2.75, 3.05) is 0 Å². The first-order valence-electron chi connectivity index (χ1n) is 4.24. The largest absolute Gasteiger partial charge is 0.515 e. The van der Waals surface area contributed by atoms with Gasteiger partial charge in [0.25, 0.3) is 0 Å². The lowest BCUT2D eigenvalue weighted by Gasteiger charge is -2.13. The van der Waals surface area contributed by atoms with E-state index in [0.29, 0.717) is 6.26 Å². The summed E-state index contributed by atoms with van der Waals surface area (Å²) in [5.41, 5.74) is -0.223. The Kier molecular flexibility index (Phi) is 1.97. The van der Waals surface area contributed by atoms with Gasteiger partial charge in [-0.25, -0.2) is 0 Å². The van der Waals surface area contributed by atoms with Gasteiger partial charge in [-0.1, -0.05) is 24.3 Å². The summed E-state index contributed by atoms with van der Waals surface area (Å²) in [5.74, 6) is -2.33. The molecule has 4 nitrogen and oxygen atoms in total. The van der Waals surface area contributed by atoms with Crippen molar-refractivity contribution < 1.29 is 19.5 Å². The van der Waals surface area contributed by atoms with E-state index in [9.17, 15) is 14.4 Å². The normalized spacial score (nSPS) is 18.1. The van der Waals surface area contributed by atoms with Gasteiger partial charge in [-0.05, 0) is 0 Å². The molecule has 0 unspecified atom stereocenters. The molecule has 74 valence electrons. The molecule has 0 amide bonds. The first kappa shape index (κ1) is 9.33. The van der Waals surface area contributed by atoms with Crippen molar-refractivity contribution in [3.63, 3.8) is 0 Å². The van der Waals surface area contributed by atoms with Crippen LogP contribution >= 0.6 is 0 Å². The van der Waals surface area contributed by atoms with Crippen LogP contribution in [-0.2, 0) is 4.79 Å². The van der Waals surface area contributed by atoms with Crippen molar-refractivity contribution >= 4 is 17.3 Å². The van der Waals surface area contributed by atoms with Gasteiger partial charge in [-0.3, -0.25) is 14.4 Å². The highest BCUT2D eigenvalue weighted by molar-refractivity contribution is 6.59. The van der Waals surface area contributed by atoms with Crippen LogP contribution in [0.15, 0.2) is 36.1 Å². The van der Waals surface area contributed by atoms with Gasteiger partial charge in [0.2, 0.25) is 17.3 Å². The fraction of sp³-hybridized carbons (Fsp3) is 0. The number of aliphatic hydroxyl groups is 1. The second-order valence-electron chi connectivity index (χ2n) is 3.08. The number of ketones is 3. The molecule has 0 spiro atoms. The molecule has 0 aromatic heterocycles. The average Bonchev–Trinajstić information content (AvgIpc) is 2.27. The van der Waals surface area contributed by atoms with Crippen LogP contribution in [0, 0.1) is 0 Å². The predicted octanol–water partition coefficient (Wildman–Crippen LogP) is 1.08. The van der Waals surface area contributed by atoms with Crippen molar-refractivity contribution in [2.24, 2.45) is 0 Å². The Bertz CT molecular complexity index is 511. The number of allylic oxidation sites excluding steroid dienone is 1. The number of benzene rings is 1. The van der Waals surface area contributed by atoms with E-state index in [1.54, 1.807) is 12.1 Å². The minimum absolute atomic E-state index is 0.0955. The van der Waals surface area contributed by atoms with Gasteiger partial charge in [0, 0.05) is 11.1 Å². The summed E-state index contributed by atoms with van der Waals surface area (Å²) in [6, 6.07) is 6.03. The summed E-state index contributed by atoms with van der Waals surface area (Å²) in [6.07, 6.45) is 0.387. The number of Topliss-reactive ketones (excluding diaryl/α,β-unsaturated/α-hetero) is 3. The van der Waals surface area contributed by atoms with Gasteiger partial charge in [0.15, 0.2) is 0 Å². The number of fused-ring (bicyclic) bond motifs is 1. The number of hydrogen-bond acceptors (Lipinski definition) is 4. The predicted molar refractivity (Wildman–Crippen MR) is 50.8 cm³/mol. The monoisotopic (exact) mass is 202 g/mol. The first-order valence-corrected chi connectivity index (χ1v) is 4.24. The molecular weight excluding hydrogens is 196 g/mol. The van der Waals surface area contributed by atoms with Gasteiger partial charge in [0.05, 0.1) is 6.26 Å². The van der Waals surface area contributed by atoms with E-state index in [0.717, 1.165) is 0 Å². The minimum atomic E-state index is -0.957. The van der Waals surface area contributed by atoms with Crippen LogP contribution in [-0.4, -0.2) is 22.5 Å². The third-order valence-electron chi connectivity index (χ3n) is 2.24. The molecule has 0 fully saturated rings. The Hall–Kier alpha value is -2.23. The Balaban J connectivity index is 2.73. The van der Waals surface area contributed by atoms with Crippen LogP contribution in [0.5, 0.6) is 0 Å². The molecule has 15 heavy (non-hydrogen) atoms. The topological polar surface area (TPSA) is 71.4 Å². The van der Waals surface area contributed by atoms with Gasteiger partial charge in [0.1, 0.15) is 5.57 Å². The number of carbonyl (C=O) groups excluding carboxylic acids is 3. The second-order valence-corrected chi connectivity index (χ2v) is 3.08. The Morgan fingerprint density at radius 2 is 1.40 bits per heavy atom. The molecule has 1 N–H and O–H groups in total. The summed E-state index contributed by atoms with van der Waals surface area (Å²) >= 11 is 0. The van der Waals surface area contributed by atoms with Crippen molar-refractivity contribution in [3.05, 3.63) is 47.2 Å². The lowest BCUT2D eigenvalue weighted by molar-refractivity contribution is -0.111. The highest BCUT2D eigenvalue weighted by Crippen LogP contribution is 2.22. The van der Waals surface area contributed by atoms with E-state index >= 15 is 0 Å². The first-order chi connectivity index (χ1) is 7.16. The van der Waals surface area contributed by atoms with Crippen LogP contribution in [0.2, 0.25) is 0 Å². The molecule has 1 aliphatic rings. The van der Waals surface area contributed by atoms with E-state index < -0.39 is 22.9 Å². The maximum absolute atomic E-state index is 11.6. The lowest BCUT2D eigenvalue weighted by Crippen LogP contribution is -2.29. The number of carbonyl (C=O) groups is 3. The fourth-order valence-electron chi connectivity index (χ4n) is 1.49. The van der Waals surface area contributed by atoms with Crippen LogP contribution < -0.4 is 0 Å². The van der Waals surface area contributed by atoms with Crippen LogP contribution in [0.25, 0.3) is 0 Å². The van der Waals surface area contributed by atoms with Crippen LogP contribution in [0.3, 0.4) is 0 Å². The molecule has 1 aromatic carbocycles. The molecular formula is C11H6O4. The molecule has 0 aliphatic heterocycles. The molecule has 1 aromatic rings. The summed E-state index contributed by atoms with van der Waals surface area (Å²) in [4.78, 5) is 34.4. The highest BCUT2D eigenvalue weighted by Gasteiger charge is 2.35. The Morgan fingerprint density at radius 3 is 1.93 bits per heavy atom. The molecule has 0 saturated heterocycles.